The first-order valence-electron chi connectivity index (χ1n) is 7.69. The molecule has 1 N–H and O–H groups in total. The van der Waals surface area contributed by atoms with Crippen molar-refractivity contribution in [3.63, 3.8) is 0 Å². The van der Waals surface area contributed by atoms with Gasteiger partial charge in [-0.15, -0.1) is 0 Å². The van der Waals surface area contributed by atoms with E-state index in [4.69, 9.17) is 0 Å². The molecule has 2 fully saturated rings. The van der Waals surface area contributed by atoms with Crippen molar-refractivity contribution >= 4 is 5.91 Å². The number of likely N-dealkylation sites (tertiary alicyclic amines) is 1. The van der Waals surface area contributed by atoms with Crippen LogP contribution in [0.2, 0.25) is 0 Å². The molecule has 110 valence electrons. The van der Waals surface area contributed by atoms with E-state index in [9.17, 15) is 4.79 Å². The van der Waals surface area contributed by atoms with Crippen LogP contribution in [-0.2, 0) is 4.79 Å². The Morgan fingerprint density at radius 3 is 2.53 bits per heavy atom. The molecule has 4 nitrogen and oxygen atoms in total. The molecular weight excluding hydrogens is 238 g/mol. The zero-order valence-corrected chi connectivity index (χ0v) is 12.7. The number of hydrogen-bond acceptors (Lipinski definition) is 3. The minimum absolute atomic E-state index is 0.0749. The Morgan fingerprint density at radius 2 is 2.00 bits per heavy atom. The molecule has 4 heteroatoms. The molecule has 0 aromatic heterocycles. The second kappa shape index (κ2) is 6.23. The van der Waals surface area contributed by atoms with Crippen molar-refractivity contribution in [3.05, 3.63) is 0 Å². The van der Waals surface area contributed by atoms with Crippen LogP contribution < -0.4 is 5.32 Å². The predicted octanol–water partition coefficient (Wildman–Crippen LogP) is 1.46. The minimum Gasteiger partial charge on any atom is -0.341 e. The lowest BCUT2D eigenvalue weighted by Crippen LogP contribution is -2.49. The summed E-state index contributed by atoms with van der Waals surface area (Å²) in [4.78, 5) is 16.8. The summed E-state index contributed by atoms with van der Waals surface area (Å²) in [7, 11) is 6.23. The van der Waals surface area contributed by atoms with Gasteiger partial charge in [0, 0.05) is 31.1 Å². The third-order valence-corrected chi connectivity index (χ3v) is 5.08. The van der Waals surface area contributed by atoms with Crippen molar-refractivity contribution in [1.82, 2.24) is 15.1 Å². The van der Waals surface area contributed by atoms with E-state index >= 15 is 0 Å². The molecule has 1 saturated heterocycles. The van der Waals surface area contributed by atoms with Gasteiger partial charge < -0.3 is 15.1 Å². The van der Waals surface area contributed by atoms with Crippen LogP contribution in [0.15, 0.2) is 0 Å². The molecule has 1 saturated carbocycles. The Balaban J connectivity index is 1.90. The highest BCUT2D eigenvalue weighted by molar-refractivity contribution is 5.77. The predicted molar refractivity (Wildman–Crippen MR) is 78.2 cm³/mol. The molecule has 1 aliphatic carbocycles. The molecule has 0 aromatic carbocycles. The van der Waals surface area contributed by atoms with Crippen molar-refractivity contribution in [2.45, 2.75) is 56.5 Å². The van der Waals surface area contributed by atoms with E-state index in [1.165, 1.54) is 19.3 Å². The number of likely N-dealkylation sites (N-methyl/N-ethyl adjacent to an activating group) is 1. The highest BCUT2D eigenvalue weighted by Gasteiger charge is 2.36. The van der Waals surface area contributed by atoms with Gasteiger partial charge in [0.2, 0.25) is 5.91 Å². The van der Waals surface area contributed by atoms with E-state index in [1.807, 2.05) is 7.05 Å². The van der Waals surface area contributed by atoms with Crippen LogP contribution in [0, 0.1) is 0 Å². The monoisotopic (exact) mass is 267 g/mol. The standard InChI is InChI=1S/C15H29N3O/c1-16-15(8-5-4-6-9-15)11-14(19)18-10-7-13(12-18)17(2)3/h13,16H,4-12H2,1-3H3. The van der Waals surface area contributed by atoms with Gasteiger partial charge in [0.1, 0.15) is 0 Å². The number of nitrogens with one attached hydrogen (secondary N) is 1. The Morgan fingerprint density at radius 1 is 1.32 bits per heavy atom. The van der Waals surface area contributed by atoms with E-state index in [2.05, 4.69) is 29.2 Å². The summed E-state index contributed by atoms with van der Waals surface area (Å²) in [5.74, 6) is 0.348. The van der Waals surface area contributed by atoms with Gasteiger partial charge in [0.15, 0.2) is 0 Å². The molecule has 0 radical (unpaired) electrons. The maximum atomic E-state index is 12.5. The van der Waals surface area contributed by atoms with Crippen LogP contribution >= 0.6 is 0 Å². The highest BCUT2D eigenvalue weighted by atomic mass is 16.2. The summed E-state index contributed by atoms with van der Waals surface area (Å²) in [6.07, 6.45) is 7.95. The average molecular weight is 267 g/mol. The number of rotatable bonds is 4. The van der Waals surface area contributed by atoms with Crippen molar-refractivity contribution < 1.29 is 4.79 Å². The quantitative estimate of drug-likeness (QED) is 0.837. The van der Waals surface area contributed by atoms with Crippen LogP contribution in [0.1, 0.15) is 44.9 Å². The molecule has 2 rings (SSSR count). The number of carbonyl (C=O) groups excluding carboxylic acids is 1. The number of amides is 1. The van der Waals surface area contributed by atoms with Crippen LogP contribution in [0.25, 0.3) is 0 Å². The molecule has 1 amide bonds. The van der Waals surface area contributed by atoms with E-state index in [-0.39, 0.29) is 5.54 Å². The van der Waals surface area contributed by atoms with Gasteiger partial charge in [-0.3, -0.25) is 4.79 Å². The largest absolute Gasteiger partial charge is 0.341 e. The molecule has 0 spiro atoms. The normalized spacial score (nSPS) is 26.9. The number of nitrogens with zero attached hydrogens (tertiary/aromatic N) is 2. The van der Waals surface area contributed by atoms with Gasteiger partial charge in [-0.2, -0.15) is 0 Å². The van der Waals surface area contributed by atoms with Gasteiger partial charge in [-0.25, -0.2) is 0 Å². The van der Waals surface area contributed by atoms with Crippen molar-refractivity contribution in [2.75, 3.05) is 34.2 Å². The summed E-state index contributed by atoms with van der Waals surface area (Å²) < 4.78 is 0. The van der Waals surface area contributed by atoms with Crippen molar-refractivity contribution in [3.8, 4) is 0 Å². The summed E-state index contributed by atoms with van der Waals surface area (Å²) >= 11 is 0. The fourth-order valence-electron chi connectivity index (χ4n) is 3.53. The third kappa shape index (κ3) is 3.48. The Hall–Kier alpha value is -0.610. The average Bonchev–Trinajstić information content (AvgIpc) is 2.89. The van der Waals surface area contributed by atoms with E-state index in [1.54, 1.807) is 0 Å². The topological polar surface area (TPSA) is 35.6 Å². The number of hydrogen-bond donors (Lipinski definition) is 1. The fourth-order valence-corrected chi connectivity index (χ4v) is 3.53. The second-order valence-electron chi connectivity index (χ2n) is 6.51. The van der Waals surface area contributed by atoms with Gasteiger partial charge in [-0.1, -0.05) is 19.3 Å². The Labute approximate surface area is 117 Å². The first-order chi connectivity index (χ1) is 9.06. The summed E-state index contributed by atoms with van der Waals surface area (Å²) in [6.45, 7) is 1.84. The second-order valence-corrected chi connectivity index (χ2v) is 6.51. The Kier molecular flexibility index (Phi) is 4.85. The van der Waals surface area contributed by atoms with Gasteiger partial charge in [0.05, 0.1) is 0 Å². The van der Waals surface area contributed by atoms with E-state index in [0.29, 0.717) is 18.4 Å². The highest BCUT2D eigenvalue weighted by Crippen LogP contribution is 2.31. The summed E-state index contributed by atoms with van der Waals surface area (Å²) in [6, 6.07) is 0.542. The lowest BCUT2D eigenvalue weighted by Gasteiger charge is -2.37. The molecule has 1 atom stereocenters. The summed E-state index contributed by atoms with van der Waals surface area (Å²) in [5.41, 5.74) is 0.0749. The van der Waals surface area contributed by atoms with Gasteiger partial charge in [0.25, 0.3) is 0 Å². The van der Waals surface area contributed by atoms with Crippen LogP contribution in [0.5, 0.6) is 0 Å². The molecular formula is C15H29N3O. The molecule has 1 heterocycles. The lowest BCUT2D eigenvalue weighted by atomic mass is 9.79. The smallest absolute Gasteiger partial charge is 0.224 e. The lowest BCUT2D eigenvalue weighted by molar-refractivity contribution is -0.132. The van der Waals surface area contributed by atoms with E-state index in [0.717, 1.165) is 32.4 Å². The van der Waals surface area contributed by atoms with Crippen LogP contribution in [0.4, 0.5) is 0 Å². The molecule has 1 unspecified atom stereocenters. The minimum atomic E-state index is 0.0749. The maximum absolute atomic E-state index is 12.5. The molecule has 0 aromatic rings. The maximum Gasteiger partial charge on any atom is 0.224 e. The molecule has 0 bridgehead atoms. The zero-order valence-electron chi connectivity index (χ0n) is 12.7. The molecule has 2 aliphatic rings. The van der Waals surface area contributed by atoms with Crippen molar-refractivity contribution in [2.24, 2.45) is 0 Å². The summed E-state index contributed by atoms with van der Waals surface area (Å²) in [5, 5.41) is 3.45. The first kappa shape index (κ1) is 14.8. The fraction of sp³-hybridized carbons (Fsp3) is 0.933. The first-order valence-corrected chi connectivity index (χ1v) is 7.69. The third-order valence-electron chi connectivity index (χ3n) is 5.08. The Bertz CT molecular complexity index is 311. The van der Waals surface area contributed by atoms with E-state index < -0.39 is 0 Å². The van der Waals surface area contributed by atoms with Crippen LogP contribution in [-0.4, -0.2) is 61.5 Å². The van der Waals surface area contributed by atoms with Crippen LogP contribution in [0.3, 0.4) is 0 Å². The van der Waals surface area contributed by atoms with Gasteiger partial charge >= 0.3 is 0 Å². The zero-order chi connectivity index (χ0) is 13.9. The molecule has 1 aliphatic heterocycles. The SMILES string of the molecule is CNC1(CC(=O)N2CCC(N(C)C)C2)CCCCC1. The van der Waals surface area contributed by atoms with Gasteiger partial charge in [-0.05, 0) is 40.4 Å². The number of carbonyl (C=O) groups is 1. The molecule has 19 heavy (non-hydrogen) atoms. The van der Waals surface area contributed by atoms with Crippen molar-refractivity contribution in [1.29, 1.82) is 0 Å².